The molecule has 2 nitrogen and oxygen atoms in total. The van der Waals surface area contributed by atoms with Gasteiger partial charge in [0, 0.05) is 6.08 Å². The molecule has 0 spiro atoms. The van der Waals surface area contributed by atoms with Crippen molar-refractivity contribution >= 4 is 17.9 Å². The van der Waals surface area contributed by atoms with E-state index in [1.54, 1.807) is 18.2 Å². The van der Waals surface area contributed by atoms with E-state index in [0.717, 1.165) is 11.1 Å². The molecule has 2 aromatic carbocycles. The average molecular weight is 328 g/mol. The second-order valence-electron chi connectivity index (χ2n) is 5.23. The lowest BCUT2D eigenvalue weighted by Gasteiger charge is -1.92. The Morgan fingerprint density at radius 3 is 1.88 bits per heavy atom. The Kier molecular flexibility index (Phi) is 7.47. The molecule has 0 amide bonds. The molecule has 0 saturated heterocycles. The largest absolute Gasteiger partial charge is 0.508 e. The lowest BCUT2D eigenvalue weighted by atomic mass is 10.2. The molecule has 124 valence electrons. The monoisotopic (exact) mass is 328 g/mol. The maximum atomic E-state index is 11.7. The van der Waals surface area contributed by atoms with Crippen LogP contribution < -0.4 is 0 Å². The van der Waals surface area contributed by atoms with E-state index in [4.69, 9.17) is 0 Å². The topological polar surface area (TPSA) is 37.3 Å². The highest BCUT2D eigenvalue weighted by Gasteiger charge is 1.93. The predicted molar refractivity (Wildman–Crippen MR) is 105 cm³/mol. The predicted octanol–water partition coefficient (Wildman–Crippen LogP) is 5.54. The summed E-state index contributed by atoms with van der Waals surface area (Å²) in [6.07, 6.45) is 15.0. The van der Waals surface area contributed by atoms with Gasteiger partial charge >= 0.3 is 0 Å². The van der Waals surface area contributed by atoms with Crippen LogP contribution in [-0.4, -0.2) is 10.9 Å². The van der Waals surface area contributed by atoms with Crippen molar-refractivity contribution < 1.29 is 9.90 Å². The first kappa shape index (κ1) is 18.0. The van der Waals surface area contributed by atoms with Gasteiger partial charge < -0.3 is 5.11 Å². The molecule has 0 aliphatic carbocycles. The van der Waals surface area contributed by atoms with E-state index in [-0.39, 0.29) is 11.5 Å². The third-order valence-corrected chi connectivity index (χ3v) is 3.22. The van der Waals surface area contributed by atoms with Crippen LogP contribution in [0.2, 0.25) is 0 Å². The van der Waals surface area contributed by atoms with Crippen molar-refractivity contribution in [1.29, 1.82) is 0 Å². The summed E-state index contributed by atoms with van der Waals surface area (Å²) in [7, 11) is 0. The summed E-state index contributed by atoms with van der Waals surface area (Å²) in [4.78, 5) is 11.7. The van der Waals surface area contributed by atoms with Gasteiger partial charge in [-0.1, -0.05) is 97.1 Å². The van der Waals surface area contributed by atoms with E-state index in [2.05, 4.69) is 0 Å². The van der Waals surface area contributed by atoms with Gasteiger partial charge in [-0.2, -0.15) is 0 Å². The summed E-state index contributed by atoms with van der Waals surface area (Å²) < 4.78 is 0. The molecule has 25 heavy (non-hydrogen) atoms. The summed E-state index contributed by atoms with van der Waals surface area (Å²) in [6, 6.07) is 19.5. The van der Waals surface area contributed by atoms with E-state index < -0.39 is 0 Å². The van der Waals surface area contributed by atoms with Crippen LogP contribution in [0.25, 0.3) is 12.2 Å². The van der Waals surface area contributed by atoms with Gasteiger partial charge in [0.1, 0.15) is 5.76 Å². The van der Waals surface area contributed by atoms with E-state index in [1.807, 2.05) is 78.9 Å². The Hall–Kier alpha value is -3.39. The van der Waals surface area contributed by atoms with Crippen LogP contribution in [0.4, 0.5) is 0 Å². The third-order valence-electron chi connectivity index (χ3n) is 3.22. The first-order valence-corrected chi connectivity index (χ1v) is 7.98. The molecule has 2 heteroatoms. The van der Waals surface area contributed by atoms with Crippen LogP contribution in [0.1, 0.15) is 11.1 Å². The average Bonchev–Trinajstić information content (AvgIpc) is 2.64. The molecule has 2 rings (SSSR count). The molecule has 0 saturated carbocycles. The number of benzene rings is 2. The Morgan fingerprint density at radius 2 is 1.24 bits per heavy atom. The smallest absolute Gasteiger partial charge is 0.182 e. The molecule has 0 heterocycles. The molecular weight excluding hydrogens is 308 g/mol. The number of carbonyl (C=O) groups excluding carboxylic acids is 1. The van der Waals surface area contributed by atoms with E-state index >= 15 is 0 Å². The summed E-state index contributed by atoms with van der Waals surface area (Å²) >= 11 is 0. The Morgan fingerprint density at radius 1 is 0.680 bits per heavy atom. The standard InChI is InChI=1S/C23H20O2/c24-22(19-23(25)18-17-21-14-8-4-9-15-21)16-10-2-1-5-11-20-12-6-3-7-13-20/h1-19,25H/b2-1+,11-5+,16-10+,18-17+,23-19-. The summed E-state index contributed by atoms with van der Waals surface area (Å²) in [5, 5.41) is 9.74. The third kappa shape index (κ3) is 7.62. The zero-order valence-corrected chi connectivity index (χ0v) is 13.8. The number of carbonyl (C=O) groups is 1. The molecule has 0 aliphatic heterocycles. The van der Waals surface area contributed by atoms with Crippen LogP contribution in [0.15, 0.2) is 109 Å². The van der Waals surface area contributed by atoms with Gasteiger partial charge in [0.15, 0.2) is 5.78 Å². The van der Waals surface area contributed by atoms with Crippen LogP contribution >= 0.6 is 0 Å². The van der Waals surface area contributed by atoms with Gasteiger partial charge in [-0.3, -0.25) is 4.79 Å². The van der Waals surface area contributed by atoms with Crippen LogP contribution in [0.5, 0.6) is 0 Å². The van der Waals surface area contributed by atoms with Crippen molar-refractivity contribution in [3.05, 3.63) is 120 Å². The van der Waals surface area contributed by atoms with Crippen LogP contribution in [0, 0.1) is 0 Å². The maximum Gasteiger partial charge on any atom is 0.182 e. The normalized spacial score (nSPS) is 12.7. The number of aliphatic hydroxyl groups is 1. The zero-order valence-electron chi connectivity index (χ0n) is 13.8. The molecule has 0 aliphatic rings. The van der Waals surface area contributed by atoms with Crippen molar-refractivity contribution in [2.24, 2.45) is 0 Å². The van der Waals surface area contributed by atoms with Gasteiger partial charge in [-0.25, -0.2) is 0 Å². The number of ketones is 1. The van der Waals surface area contributed by atoms with Crippen molar-refractivity contribution in [3.63, 3.8) is 0 Å². The van der Waals surface area contributed by atoms with Crippen LogP contribution in [-0.2, 0) is 4.79 Å². The minimum absolute atomic E-state index is 0.0774. The van der Waals surface area contributed by atoms with Gasteiger partial charge in [0.25, 0.3) is 0 Å². The molecule has 0 bridgehead atoms. The zero-order chi connectivity index (χ0) is 17.7. The molecule has 0 atom stereocenters. The molecule has 1 N–H and O–H groups in total. The van der Waals surface area contributed by atoms with Crippen molar-refractivity contribution in [1.82, 2.24) is 0 Å². The first-order valence-electron chi connectivity index (χ1n) is 7.98. The minimum Gasteiger partial charge on any atom is -0.508 e. The second-order valence-corrected chi connectivity index (χ2v) is 5.23. The lowest BCUT2D eigenvalue weighted by Crippen LogP contribution is -1.88. The molecule has 0 unspecified atom stereocenters. The van der Waals surface area contributed by atoms with Gasteiger partial charge in [-0.05, 0) is 23.3 Å². The Balaban J connectivity index is 1.82. The SMILES string of the molecule is O=C(/C=C(O)/C=C/c1ccccc1)/C=C/C=C/C=C/c1ccccc1. The van der Waals surface area contributed by atoms with E-state index in [9.17, 15) is 9.90 Å². The molecular formula is C23H20O2. The van der Waals surface area contributed by atoms with E-state index in [1.165, 1.54) is 18.2 Å². The highest BCUT2D eigenvalue weighted by Crippen LogP contribution is 2.04. The number of allylic oxidation sites excluding steroid dienone is 7. The highest BCUT2D eigenvalue weighted by molar-refractivity contribution is 5.99. The van der Waals surface area contributed by atoms with Crippen molar-refractivity contribution in [2.75, 3.05) is 0 Å². The number of hydrogen-bond donors (Lipinski definition) is 1. The maximum absolute atomic E-state index is 11.7. The van der Waals surface area contributed by atoms with Crippen molar-refractivity contribution in [3.8, 4) is 0 Å². The number of aliphatic hydroxyl groups excluding tert-OH is 1. The Labute approximate surface area is 148 Å². The minimum atomic E-state index is -0.271. The molecule has 0 fully saturated rings. The Bertz CT molecular complexity index is 808. The molecule has 0 aromatic heterocycles. The summed E-state index contributed by atoms with van der Waals surface area (Å²) in [5.74, 6) is -0.349. The summed E-state index contributed by atoms with van der Waals surface area (Å²) in [6.45, 7) is 0. The van der Waals surface area contributed by atoms with Crippen LogP contribution in [0.3, 0.4) is 0 Å². The van der Waals surface area contributed by atoms with Crippen molar-refractivity contribution in [2.45, 2.75) is 0 Å². The fourth-order valence-corrected chi connectivity index (χ4v) is 2.00. The van der Waals surface area contributed by atoms with Gasteiger partial charge in [0.05, 0.1) is 0 Å². The fraction of sp³-hybridized carbons (Fsp3) is 0. The fourth-order valence-electron chi connectivity index (χ4n) is 2.00. The molecule has 2 aromatic rings. The second kappa shape index (κ2) is 10.4. The van der Waals surface area contributed by atoms with Gasteiger partial charge in [-0.15, -0.1) is 0 Å². The van der Waals surface area contributed by atoms with Gasteiger partial charge in [0.2, 0.25) is 0 Å². The lowest BCUT2D eigenvalue weighted by molar-refractivity contribution is -0.110. The van der Waals surface area contributed by atoms with E-state index in [0.29, 0.717) is 0 Å². The highest BCUT2D eigenvalue weighted by atomic mass is 16.3. The summed E-state index contributed by atoms with van der Waals surface area (Å²) in [5.41, 5.74) is 2.07. The number of rotatable bonds is 7. The number of hydrogen-bond acceptors (Lipinski definition) is 2. The molecule has 0 radical (unpaired) electrons. The first-order chi connectivity index (χ1) is 12.2. The quantitative estimate of drug-likeness (QED) is 0.412.